The van der Waals surface area contributed by atoms with Gasteiger partial charge in [-0.25, -0.2) is 4.98 Å². The van der Waals surface area contributed by atoms with Crippen LogP contribution in [0.5, 0.6) is 5.75 Å². The van der Waals surface area contributed by atoms with E-state index < -0.39 is 0 Å². The van der Waals surface area contributed by atoms with E-state index in [9.17, 15) is 0 Å². The van der Waals surface area contributed by atoms with Crippen LogP contribution >= 0.6 is 11.6 Å². The average Bonchev–Trinajstić information content (AvgIpc) is 2.68. The minimum absolute atomic E-state index is 0.131. The monoisotopic (exact) mass is 250 g/mol. The molecule has 0 amide bonds. The van der Waals surface area contributed by atoms with Gasteiger partial charge in [0.15, 0.2) is 0 Å². The topological polar surface area (TPSA) is 27.1 Å². The summed E-state index contributed by atoms with van der Waals surface area (Å²) >= 11 is 6.14. The number of alkyl halides is 1. The van der Waals surface area contributed by atoms with Crippen molar-refractivity contribution in [3.05, 3.63) is 36.7 Å². The third kappa shape index (κ3) is 2.15. The molecule has 17 heavy (non-hydrogen) atoms. The predicted molar refractivity (Wildman–Crippen MR) is 70.8 cm³/mol. The summed E-state index contributed by atoms with van der Waals surface area (Å²) in [5.41, 5.74) is 1.95. The maximum Gasteiger partial charge on any atom is 0.128 e. The van der Waals surface area contributed by atoms with E-state index in [0.29, 0.717) is 6.54 Å². The van der Waals surface area contributed by atoms with Gasteiger partial charge in [-0.1, -0.05) is 6.08 Å². The fraction of sp³-hybridized carbons (Fsp3) is 0.308. The van der Waals surface area contributed by atoms with Gasteiger partial charge in [0, 0.05) is 12.6 Å². The SMILES string of the molecule is C=CCn1c(C(C)Cl)nc2cc(OC)ccc21. The number of rotatable bonds is 4. The third-order valence-corrected chi connectivity index (χ3v) is 2.85. The second kappa shape index (κ2) is 4.80. The molecule has 0 aliphatic heterocycles. The first-order chi connectivity index (χ1) is 8.17. The van der Waals surface area contributed by atoms with Gasteiger partial charge < -0.3 is 9.30 Å². The van der Waals surface area contributed by atoms with Gasteiger partial charge >= 0.3 is 0 Å². The van der Waals surface area contributed by atoms with Crippen molar-refractivity contribution in [2.45, 2.75) is 18.8 Å². The summed E-state index contributed by atoms with van der Waals surface area (Å²) in [4.78, 5) is 4.54. The van der Waals surface area contributed by atoms with Crippen LogP contribution in [0, 0.1) is 0 Å². The Morgan fingerprint density at radius 3 is 2.94 bits per heavy atom. The zero-order chi connectivity index (χ0) is 12.4. The Bertz CT molecular complexity index is 546. The second-order valence-electron chi connectivity index (χ2n) is 3.84. The van der Waals surface area contributed by atoms with Crippen LogP contribution in [0.1, 0.15) is 18.1 Å². The van der Waals surface area contributed by atoms with Crippen LogP contribution in [-0.4, -0.2) is 16.7 Å². The number of methoxy groups -OCH3 is 1. The van der Waals surface area contributed by atoms with Crippen molar-refractivity contribution < 1.29 is 4.74 Å². The minimum Gasteiger partial charge on any atom is -0.497 e. The lowest BCUT2D eigenvalue weighted by Crippen LogP contribution is -2.02. The number of nitrogens with zero attached hydrogens (tertiary/aromatic N) is 2. The summed E-state index contributed by atoms with van der Waals surface area (Å²) < 4.78 is 7.26. The molecule has 0 aliphatic carbocycles. The molecular weight excluding hydrogens is 236 g/mol. The fourth-order valence-corrected chi connectivity index (χ4v) is 2.05. The van der Waals surface area contributed by atoms with Crippen LogP contribution in [-0.2, 0) is 6.54 Å². The Hall–Kier alpha value is -1.48. The van der Waals surface area contributed by atoms with E-state index in [0.717, 1.165) is 22.6 Å². The number of hydrogen-bond donors (Lipinski definition) is 0. The Labute approximate surface area is 106 Å². The van der Waals surface area contributed by atoms with Crippen molar-refractivity contribution >= 4 is 22.6 Å². The van der Waals surface area contributed by atoms with Gasteiger partial charge in [0.05, 0.1) is 23.5 Å². The van der Waals surface area contributed by atoms with Crippen LogP contribution in [0.4, 0.5) is 0 Å². The van der Waals surface area contributed by atoms with E-state index in [1.165, 1.54) is 0 Å². The number of ether oxygens (including phenoxy) is 1. The van der Waals surface area contributed by atoms with Gasteiger partial charge in [-0.3, -0.25) is 0 Å². The molecule has 0 radical (unpaired) electrons. The first-order valence-electron chi connectivity index (χ1n) is 5.46. The van der Waals surface area contributed by atoms with Crippen molar-refractivity contribution in [3.63, 3.8) is 0 Å². The molecule has 2 aromatic rings. The number of imidazole rings is 1. The highest BCUT2D eigenvalue weighted by molar-refractivity contribution is 6.20. The molecule has 1 unspecified atom stereocenters. The molecule has 0 N–H and O–H groups in total. The van der Waals surface area contributed by atoms with Crippen molar-refractivity contribution in [1.29, 1.82) is 0 Å². The lowest BCUT2D eigenvalue weighted by molar-refractivity contribution is 0.415. The molecule has 0 saturated heterocycles. The van der Waals surface area contributed by atoms with Gasteiger partial charge in [0.1, 0.15) is 11.6 Å². The highest BCUT2D eigenvalue weighted by Gasteiger charge is 2.14. The quantitative estimate of drug-likeness (QED) is 0.613. The Morgan fingerprint density at radius 1 is 1.59 bits per heavy atom. The summed E-state index contributed by atoms with van der Waals surface area (Å²) in [6.07, 6.45) is 1.84. The highest BCUT2D eigenvalue weighted by atomic mass is 35.5. The van der Waals surface area contributed by atoms with E-state index in [-0.39, 0.29) is 5.38 Å². The van der Waals surface area contributed by atoms with E-state index >= 15 is 0 Å². The number of aromatic nitrogens is 2. The van der Waals surface area contributed by atoms with Crippen LogP contribution in [0.25, 0.3) is 11.0 Å². The maximum atomic E-state index is 6.14. The lowest BCUT2D eigenvalue weighted by atomic mass is 10.3. The molecule has 90 valence electrons. The number of halogens is 1. The molecular formula is C13H15ClN2O. The molecule has 0 spiro atoms. The first kappa shape index (κ1) is 12.0. The first-order valence-corrected chi connectivity index (χ1v) is 5.90. The molecule has 0 fully saturated rings. The molecule has 0 aliphatic rings. The zero-order valence-electron chi connectivity index (χ0n) is 9.98. The fourth-order valence-electron chi connectivity index (χ4n) is 1.88. The van der Waals surface area contributed by atoms with E-state index in [1.807, 2.05) is 31.2 Å². The zero-order valence-corrected chi connectivity index (χ0v) is 10.7. The predicted octanol–water partition coefficient (Wildman–Crippen LogP) is 3.53. The van der Waals surface area contributed by atoms with Gasteiger partial charge in [0.25, 0.3) is 0 Å². The smallest absolute Gasteiger partial charge is 0.128 e. The molecule has 0 bridgehead atoms. The molecule has 1 heterocycles. The number of allylic oxidation sites excluding steroid dienone is 1. The van der Waals surface area contributed by atoms with E-state index in [4.69, 9.17) is 16.3 Å². The number of benzene rings is 1. The Kier molecular flexibility index (Phi) is 3.38. The van der Waals surface area contributed by atoms with E-state index in [1.54, 1.807) is 7.11 Å². The molecule has 1 atom stereocenters. The summed E-state index contributed by atoms with van der Waals surface area (Å²) in [6, 6.07) is 5.83. The molecule has 1 aromatic carbocycles. The summed E-state index contributed by atoms with van der Waals surface area (Å²) in [5, 5.41) is -0.131. The lowest BCUT2D eigenvalue weighted by Gasteiger charge is -2.07. The van der Waals surface area contributed by atoms with Crippen LogP contribution < -0.4 is 4.74 Å². The summed E-state index contributed by atoms with van der Waals surface area (Å²) in [7, 11) is 1.65. The summed E-state index contributed by atoms with van der Waals surface area (Å²) in [6.45, 7) is 6.38. The normalized spacial score (nSPS) is 12.6. The van der Waals surface area contributed by atoms with Gasteiger partial charge in [0.2, 0.25) is 0 Å². The Morgan fingerprint density at radius 2 is 2.35 bits per heavy atom. The van der Waals surface area contributed by atoms with E-state index in [2.05, 4.69) is 16.1 Å². The molecule has 2 rings (SSSR count). The van der Waals surface area contributed by atoms with Crippen LogP contribution in [0.2, 0.25) is 0 Å². The van der Waals surface area contributed by atoms with Crippen molar-refractivity contribution in [2.75, 3.05) is 7.11 Å². The van der Waals surface area contributed by atoms with Crippen molar-refractivity contribution in [2.24, 2.45) is 0 Å². The van der Waals surface area contributed by atoms with Gasteiger partial charge in [-0.05, 0) is 19.1 Å². The van der Waals surface area contributed by atoms with Gasteiger partial charge in [-0.15, -0.1) is 18.2 Å². The largest absolute Gasteiger partial charge is 0.497 e. The van der Waals surface area contributed by atoms with Crippen molar-refractivity contribution in [1.82, 2.24) is 9.55 Å². The Balaban J connectivity index is 2.65. The molecule has 4 heteroatoms. The average molecular weight is 251 g/mol. The number of fused-ring (bicyclic) bond motifs is 1. The van der Waals surface area contributed by atoms with Crippen LogP contribution in [0.15, 0.2) is 30.9 Å². The van der Waals surface area contributed by atoms with Gasteiger partial charge in [-0.2, -0.15) is 0 Å². The minimum atomic E-state index is -0.131. The highest BCUT2D eigenvalue weighted by Crippen LogP contribution is 2.27. The third-order valence-electron chi connectivity index (χ3n) is 2.65. The molecule has 0 saturated carbocycles. The van der Waals surface area contributed by atoms with Crippen LogP contribution in [0.3, 0.4) is 0 Å². The standard InChI is InChI=1S/C13H15ClN2O/c1-4-7-16-12-6-5-10(17-3)8-11(12)15-13(16)9(2)14/h4-6,8-9H,1,7H2,2-3H3. The number of hydrogen-bond acceptors (Lipinski definition) is 2. The second-order valence-corrected chi connectivity index (χ2v) is 4.49. The maximum absolute atomic E-state index is 6.14. The summed E-state index contributed by atoms with van der Waals surface area (Å²) in [5.74, 6) is 1.66. The molecule has 1 aromatic heterocycles. The van der Waals surface area contributed by atoms with Crippen molar-refractivity contribution in [3.8, 4) is 5.75 Å². The molecule has 3 nitrogen and oxygen atoms in total.